The second kappa shape index (κ2) is 10.9. The van der Waals surface area contributed by atoms with Gasteiger partial charge in [-0.05, 0) is 74.6 Å². The summed E-state index contributed by atoms with van der Waals surface area (Å²) in [4.78, 5) is 41.0. The van der Waals surface area contributed by atoms with Crippen molar-refractivity contribution in [3.63, 3.8) is 0 Å². The number of piperidine rings is 2. The number of esters is 1. The molecule has 2 aromatic rings. The van der Waals surface area contributed by atoms with Gasteiger partial charge in [-0.1, -0.05) is 42.5 Å². The van der Waals surface area contributed by atoms with Crippen molar-refractivity contribution in [2.24, 2.45) is 11.8 Å². The van der Waals surface area contributed by atoms with E-state index in [1.807, 2.05) is 34.9 Å². The number of fused-ring (bicyclic) bond motifs is 1. The highest BCUT2D eigenvalue weighted by Crippen LogP contribution is 2.33. The summed E-state index contributed by atoms with van der Waals surface area (Å²) in [5, 5.41) is 5.56. The second-order valence-electron chi connectivity index (χ2n) is 10.8. The number of amides is 3. The Morgan fingerprint density at radius 1 is 0.889 bits per heavy atom. The van der Waals surface area contributed by atoms with E-state index < -0.39 is 11.6 Å². The van der Waals surface area contributed by atoms with E-state index in [1.54, 1.807) is 13.8 Å². The molecule has 0 aromatic heterocycles. The number of benzene rings is 2. The molecule has 1 atom stereocenters. The van der Waals surface area contributed by atoms with Crippen molar-refractivity contribution in [3.05, 3.63) is 48.0 Å². The number of ether oxygens (including phenoxy) is 1. The average Bonchev–Trinajstić information content (AvgIpc) is 2.87. The molecule has 0 aliphatic carbocycles. The predicted molar refractivity (Wildman–Crippen MR) is 140 cm³/mol. The fourth-order valence-corrected chi connectivity index (χ4v) is 5.91. The summed E-state index contributed by atoms with van der Waals surface area (Å²) < 4.78 is 5.23. The highest BCUT2D eigenvalue weighted by molar-refractivity contribution is 5.87. The maximum atomic E-state index is 13.0. The lowest BCUT2D eigenvalue weighted by molar-refractivity contribution is -0.169. The van der Waals surface area contributed by atoms with Gasteiger partial charge in [0.15, 0.2) is 5.60 Å². The summed E-state index contributed by atoms with van der Waals surface area (Å²) in [5.41, 5.74) is 0.00936. The van der Waals surface area contributed by atoms with Crippen molar-refractivity contribution in [2.75, 3.05) is 26.2 Å². The first kappa shape index (κ1) is 26.0. The molecule has 0 bridgehead atoms. The Labute approximate surface area is 214 Å². The first-order valence-electron chi connectivity index (χ1n) is 13.2. The van der Waals surface area contributed by atoms with Crippen LogP contribution in [0.5, 0.6) is 0 Å². The van der Waals surface area contributed by atoms with Crippen molar-refractivity contribution in [1.82, 2.24) is 15.1 Å². The largest absolute Gasteiger partial charge is 0.450 e. The minimum Gasteiger partial charge on any atom is -0.450 e. The molecule has 4 rings (SSSR count). The van der Waals surface area contributed by atoms with Crippen LogP contribution >= 0.6 is 0 Å². The number of urea groups is 1. The fraction of sp³-hybridized carbons (Fsp3) is 0.552. The van der Waals surface area contributed by atoms with Gasteiger partial charge in [-0.2, -0.15) is 0 Å². The van der Waals surface area contributed by atoms with Gasteiger partial charge in [0.05, 0.1) is 6.04 Å². The maximum Gasteiger partial charge on any atom is 0.317 e. The number of carbonyl (C=O) groups excluding carboxylic acids is 3. The van der Waals surface area contributed by atoms with Gasteiger partial charge in [0.1, 0.15) is 0 Å². The molecule has 0 radical (unpaired) electrons. The molecule has 2 saturated heterocycles. The van der Waals surface area contributed by atoms with Crippen LogP contribution in [0, 0.1) is 11.8 Å². The zero-order chi connectivity index (χ0) is 25.9. The lowest BCUT2D eigenvalue weighted by Crippen LogP contribution is -2.51. The van der Waals surface area contributed by atoms with Crippen molar-refractivity contribution >= 4 is 28.7 Å². The molecule has 3 amide bonds. The molecule has 1 unspecified atom stereocenters. The topological polar surface area (TPSA) is 79.0 Å². The number of hydrogen-bond donors (Lipinski definition) is 1. The molecule has 2 fully saturated rings. The highest BCUT2D eigenvalue weighted by atomic mass is 16.6. The molecule has 0 spiro atoms. The fourth-order valence-electron chi connectivity index (χ4n) is 5.91. The van der Waals surface area contributed by atoms with E-state index in [0.29, 0.717) is 24.9 Å². The van der Waals surface area contributed by atoms with Crippen LogP contribution in [0.25, 0.3) is 10.8 Å². The SMILES string of the molecule is CC(=O)OC(C)(C)C(=O)N1CCC(C2CCN(C(=O)NC(C)c3cccc4ccccc34)CC2)CC1. The lowest BCUT2D eigenvalue weighted by Gasteiger charge is -2.41. The van der Waals surface area contributed by atoms with Crippen LogP contribution in [0.15, 0.2) is 42.5 Å². The number of nitrogens with zero attached hydrogens (tertiary/aromatic N) is 2. The molecule has 2 heterocycles. The number of rotatable bonds is 5. The van der Waals surface area contributed by atoms with E-state index in [2.05, 4.69) is 29.6 Å². The summed E-state index contributed by atoms with van der Waals surface area (Å²) >= 11 is 0. The predicted octanol–water partition coefficient (Wildman–Crippen LogP) is 4.90. The van der Waals surface area contributed by atoms with Crippen molar-refractivity contribution in [1.29, 1.82) is 0 Å². The van der Waals surface area contributed by atoms with Gasteiger partial charge < -0.3 is 19.9 Å². The summed E-state index contributed by atoms with van der Waals surface area (Å²) in [6.45, 7) is 9.60. The number of nitrogens with one attached hydrogen (secondary N) is 1. The van der Waals surface area contributed by atoms with Gasteiger partial charge in [0, 0.05) is 33.1 Å². The highest BCUT2D eigenvalue weighted by Gasteiger charge is 2.38. The van der Waals surface area contributed by atoms with Crippen LogP contribution in [0.2, 0.25) is 0 Å². The Kier molecular flexibility index (Phi) is 7.86. The summed E-state index contributed by atoms with van der Waals surface area (Å²) in [7, 11) is 0. The number of hydrogen-bond acceptors (Lipinski definition) is 4. The minimum absolute atomic E-state index is 0.00185. The van der Waals surface area contributed by atoms with Crippen LogP contribution in [-0.4, -0.2) is 59.5 Å². The second-order valence-corrected chi connectivity index (χ2v) is 10.8. The van der Waals surface area contributed by atoms with E-state index in [4.69, 9.17) is 4.74 Å². The normalized spacial score (nSPS) is 18.7. The Morgan fingerprint density at radius 2 is 1.44 bits per heavy atom. The minimum atomic E-state index is -1.12. The van der Waals surface area contributed by atoms with Gasteiger partial charge in [-0.15, -0.1) is 0 Å². The Hall–Kier alpha value is -3.09. The van der Waals surface area contributed by atoms with Gasteiger partial charge in [0.2, 0.25) is 0 Å². The number of likely N-dealkylation sites (tertiary alicyclic amines) is 2. The summed E-state index contributed by atoms with van der Waals surface area (Å²) in [5.74, 6) is 0.572. The maximum absolute atomic E-state index is 13.0. The average molecular weight is 494 g/mol. The molecule has 0 saturated carbocycles. The molecule has 7 heteroatoms. The molecule has 2 aliphatic rings. The zero-order valence-corrected chi connectivity index (χ0v) is 22.0. The Morgan fingerprint density at radius 3 is 2.06 bits per heavy atom. The van der Waals surface area contributed by atoms with Gasteiger partial charge in [-0.25, -0.2) is 4.79 Å². The van der Waals surface area contributed by atoms with E-state index >= 15 is 0 Å². The molecular weight excluding hydrogens is 454 g/mol. The van der Waals surface area contributed by atoms with Crippen LogP contribution in [-0.2, 0) is 14.3 Å². The van der Waals surface area contributed by atoms with E-state index in [9.17, 15) is 14.4 Å². The third-order valence-corrected chi connectivity index (χ3v) is 7.86. The van der Waals surface area contributed by atoms with Crippen molar-refractivity contribution in [3.8, 4) is 0 Å². The standard InChI is InChI=1S/C29H39N3O4/c1-20(25-11-7-9-24-8-5-6-10-26(24)25)30-28(35)32-18-14-23(15-19-32)22-12-16-31(17-13-22)27(34)29(3,4)36-21(2)33/h5-11,20,22-23H,12-19H2,1-4H3,(H,30,35). The molecule has 1 N–H and O–H groups in total. The first-order valence-corrected chi connectivity index (χ1v) is 13.2. The van der Waals surface area contributed by atoms with Crippen molar-refractivity contribution in [2.45, 2.75) is 65.0 Å². The molecule has 7 nitrogen and oxygen atoms in total. The summed E-state index contributed by atoms with van der Waals surface area (Å²) in [6.07, 6.45) is 3.90. The Balaban J connectivity index is 1.25. The van der Waals surface area contributed by atoms with Crippen LogP contribution < -0.4 is 5.32 Å². The molecule has 2 aromatic carbocycles. The van der Waals surface area contributed by atoms with Gasteiger partial charge in [-0.3, -0.25) is 9.59 Å². The first-order chi connectivity index (χ1) is 17.2. The Bertz CT molecular complexity index is 1090. The van der Waals surface area contributed by atoms with E-state index in [1.165, 1.54) is 17.7 Å². The van der Waals surface area contributed by atoms with Crippen LogP contribution in [0.4, 0.5) is 4.79 Å². The third-order valence-electron chi connectivity index (χ3n) is 7.86. The van der Waals surface area contributed by atoms with E-state index in [-0.39, 0.29) is 18.0 Å². The molecule has 194 valence electrons. The smallest absolute Gasteiger partial charge is 0.317 e. The molecule has 2 aliphatic heterocycles. The summed E-state index contributed by atoms with van der Waals surface area (Å²) in [6, 6.07) is 14.4. The number of carbonyl (C=O) groups is 3. The van der Waals surface area contributed by atoms with Gasteiger partial charge in [0.25, 0.3) is 5.91 Å². The van der Waals surface area contributed by atoms with Gasteiger partial charge >= 0.3 is 12.0 Å². The van der Waals surface area contributed by atoms with E-state index in [0.717, 1.165) is 44.3 Å². The monoisotopic (exact) mass is 493 g/mol. The van der Waals surface area contributed by atoms with Crippen LogP contribution in [0.3, 0.4) is 0 Å². The van der Waals surface area contributed by atoms with Crippen molar-refractivity contribution < 1.29 is 19.1 Å². The molecular formula is C29H39N3O4. The zero-order valence-electron chi connectivity index (χ0n) is 22.0. The van der Waals surface area contributed by atoms with Crippen LogP contribution in [0.1, 0.15) is 65.0 Å². The quantitative estimate of drug-likeness (QED) is 0.601. The lowest BCUT2D eigenvalue weighted by atomic mass is 9.78. The molecule has 36 heavy (non-hydrogen) atoms. The third kappa shape index (κ3) is 5.82.